The number of rotatable bonds is 68. The lowest BCUT2D eigenvalue weighted by Gasteiger charge is -2.46. The third-order valence-electron chi connectivity index (χ3n) is 19.6. The van der Waals surface area contributed by atoms with Crippen molar-refractivity contribution in [2.45, 2.75) is 428 Å². The number of carbonyl (C=O) groups excluding carboxylic acids is 1. The van der Waals surface area contributed by atoms with Gasteiger partial charge in [0.1, 0.15) is 48.8 Å². The minimum atomic E-state index is -1.79. The predicted octanol–water partition coefficient (Wildman–Crippen LogP) is 18.5. The van der Waals surface area contributed by atoms with Crippen molar-refractivity contribution in [1.29, 1.82) is 0 Å². The first-order valence-electron chi connectivity index (χ1n) is 40.7. The maximum absolute atomic E-state index is 13.4. The third-order valence-corrected chi connectivity index (χ3v) is 19.6. The van der Waals surface area contributed by atoms with Crippen LogP contribution < -0.4 is 5.32 Å². The van der Waals surface area contributed by atoms with Gasteiger partial charge in [0.05, 0.1) is 32.0 Å². The number of ether oxygens (including phenoxy) is 4. The fourth-order valence-electron chi connectivity index (χ4n) is 13.2. The van der Waals surface area contributed by atoms with E-state index in [1.807, 2.05) is 6.08 Å². The molecule has 1 amide bonds. The molecule has 2 fully saturated rings. The van der Waals surface area contributed by atoms with E-state index < -0.39 is 86.8 Å². The molecule has 14 heteroatoms. The highest BCUT2D eigenvalue weighted by atomic mass is 16.7. The van der Waals surface area contributed by atoms with Crippen molar-refractivity contribution in [2.24, 2.45) is 0 Å². The molecule has 2 rings (SSSR count). The largest absolute Gasteiger partial charge is 0.394 e. The van der Waals surface area contributed by atoms with Crippen LogP contribution in [0.2, 0.25) is 0 Å². The van der Waals surface area contributed by atoms with Crippen molar-refractivity contribution in [1.82, 2.24) is 5.32 Å². The van der Waals surface area contributed by atoms with Crippen LogP contribution in [0.15, 0.2) is 72.9 Å². The summed E-state index contributed by atoms with van der Waals surface area (Å²) in [5.74, 6) is -0.244. The number of aliphatic hydroxyl groups is 8. The highest BCUT2D eigenvalue weighted by Crippen LogP contribution is 2.30. The normalized spacial score (nSPS) is 22.5. The number of nitrogens with one attached hydrogen (secondary N) is 1. The number of carbonyl (C=O) groups is 1. The summed E-state index contributed by atoms with van der Waals surface area (Å²) in [6.45, 7) is 2.72. The number of allylic oxidation sites excluding steroid dienone is 11. The van der Waals surface area contributed by atoms with Crippen LogP contribution in [0, 0.1) is 0 Å². The van der Waals surface area contributed by atoms with E-state index in [0.717, 1.165) is 57.8 Å². The van der Waals surface area contributed by atoms with Gasteiger partial charge in [0, 0.05) is 6.42 Å². The first kappa shape index (κ1) is 90.5. The lowest BCUT2D eigenvalue weighted by Crippen LogP contribution is -2.65. The molecule has 2 aliphatic rings. The maximum atomic E-state index is 13.4. The smallest absolute Gasteiger partial charge is 0.220 e. The Balaban J connectivity index is 1.62. The van der Waals surface area contributed by atoms with Gasteiger partial charge in [0.2, 0.25) is 5.91 Å². The second-order valence-corrected chi connectivity index (χ2v) is 28.5. The Bertz CT molecular complexity index is 1910. The molecule has 14 nitrogen and oxygen atoms in total. The van der Waals surface area contributed by atoms with Crippen molar-refractivity contribution in [3.63, 3.8) is 0 Å². The van der Waals surface area contributed by atoms with Gasteiger partial charge in [-0.2, -0.15) is 0 Å². The Labute approximate surface area is 593 Å². The summed E-state index contributed by atoms with van der Waals surface area (Å²) < 4.78 is 22.9. The molecule has 0 spiro atoms. The van der Waals surface area contributed by atoms with Gasteiger partial charge in [-0.15, -0.1) is 0 Å². The van der Waals surface area contributed by atoms with Crippen molar-refractivity contribution >= 4 is 5.91 Å². The summed E-state index contributed by atoms with van der Waals surface area (Å²) in [6.07, 6.45) is 75.6. The van der Waals surface area contributed by atoms with Crippen LogP contribution in [0.3, 0.4) is 0 Å². The van der Waals surface area contributed by atoms with Gasteiger partial charge in [-0.1, -0.05) is 350 Å². The van der Waals surface area contributed by atoms with Crippen LogP contribution in [0.25, 0.3) is 0 Å². The minimum Gasteiger partial charge on any atom is -0.394 e. The third kappa shape index (κ3) is 49.6. The SMILES string of the molecule is CC/C=C\C/C=C\C/C=C\C/C=C\CCCCCCCCCCCCCCCCCCCCCCC(=O)NC(COC1OC(CO)C(OC2OC(CO)C(O)C(O)C2O)C(O)C1O)C(O)/C=C/CC/C=C/CCCCCCCCCCCCCCCCCCCCCCCCCC. The molecule has 0 aromatic carbocycles. The second-order valence-electron chi connectivity index (χ2n) is 28.5. The van der Waals surface area contributed by atoms with Crippen molar-refractivity contribution in [2.75, 3.05) is 19.8 Å². The van der Waals surface area contributed by atoms with E-state index in [0.29, 0.717) is 12.8 Å². The van der Waals surface area contributed by atoms with Crippen molar-refractivity contribution < 1.29 is 64.6 Å². The Hall–Kier alpha value is -2.57. The van der Waals surface area contributed by atoms with Gasteiger partial charge in [0.25, 0.3) is 0 Å². The summed E-state index contributed by atoms with van der Waals surface area (Å²) in [5, 5.41) is 87.7. The summed E-state index contributed by atoms with van der Waals surface area (Å²) in [4.78, 5) is 13.4. The molecule has 0 aliphatic carbocycles. The number of hydrogen-bond acceptors (Lipinski definition) is 13. The number of aliphatic hydroxyl groups excluding tert-OH is 8. The van der Waals surface area contributed by atoms with Gasteiger partial charge in [-0.3, -0.25) is 4.79 Å². The highest BCUT2D eigenvalue weighted by Gasteiger charge is 2.51. The molecule has 0 radical (unpaired) electrons. The molecule has 12 unspecified atom stereocenters. The Morgan fingerprint density at radius 1 is 0.381 bits per heavy atom. The van der Waals surface area contributed by atoms with E-state index in [4.69, 9.17) is 18.9 Å². The molecular formula is C83H151NO13. The first-order chi connectivity index (χ1) is 47.6. The van der Waals surface area contributed by atoms with Crippen LogP contribution in [0.1, 0.15) is 354 Å². The summed E-state index contributed by atoms with van der Waals surface area (Å²) in [6, 6.07) is -0.935. The highest BCUT2D eigenvalue weighted by molar-refractivity contribution is 5.76. The second kappa shape index (κ2) is 66.7. The molecule has 2 aliphatic heterocycles. The van der Waals surface area contributed by atoms with Crippen LogP contribution in [0.5, 0.6) is 0 Å². The Morgan fingerprint density at radius 3 is 1.13 bits per heavy atom. The lowest BCUT2D eigenvalue weighted by atomic mass is 9.97. The fourth-order valence-corrected chi connectivity index (χ4v) is 13.2. The zero-order valence-electron chi connectivity index (χ0n) is 62.1. The summed E-state index contributed by atoms with van der Waals surface area (Å²) in [5.41, 5.74) is 0. The van der Waals surface area contributed by atoms with E-state index in [1.165, 1.54) is 263 Å². The van der Waals surface area contributed by atoms with Crippen LogP contribution in [0.4, 0.5) is 0 Å². The topological polar surface area (TPSA) is 228 Å². The molecule has 2 saturated heterocycles. The average Bonchev–Trinajstić information content (AvgIpc) is 0.794. The molecule has 0 aromatic heterocycles. The number of hydrogen-bond donors (Lipinski definition) is 9. The van der Waals surface area contributed by atoms with Gasteiger partial charge >= 0.3 is 0 Å². The van der Waals surface area contributed by atoms with Crippen LogP contribution in [-0.2, 0) is 23.7 Å². The standard InChI is InChI=1S/C83H151NO13/c1-3-5-7-9-11-13-15-17-19-21-23-25-27-29-31-33-35-36-37-39-41-43-45-47-49-51-53-55-57-59-61-63-65-67-75(88)84-71(70-94-82-80(93)78(91)81(74(69-86)96-82)97-83-79(92)77(90)76(89)73(68-85)95-83)72(87)66-64-62-60-58-56-54-52-50-48-46-44-42-40-38-34-32-30-28-26-24-22-20-18-16-14-12-10-8-6-4-2/h5,7,11,13,17,19,23,25,56,58,64,66,71-74,76-83,85-87,89-93H,3-4,6,8-10,12,14-16,18,20-22,24,26-55,57,59-63,65,67-70H2,1-2H3,(H,84,88)/b7-5-,13-11-,19-17-,25-23-,58-56+,66-64+. The van der Waals surface area contributed by atoms with Crippen LogP contribution in [-0.4, -0.2) is 140 Å². The Morgan fingerprint density at radius 2 is 0.722 bits per heavy atom. The lowest BCUT2D eigenvalue weighted by molar-refractivity contribution is -0.359. The molecule has 97 heavy (non-hydrogen) atoms. The zero-order valence-corrected chi connectivity index (χ0v) is 62.1. The molecule has 2 heterocycles. The van der Waals surface area contributed by atoms with E-state index in [2.05, 4.69) is 79.9 Å². The van der Waals surface area contributed by atoms with Gasteiger partial charge in [0.15, 0.2) is 12.6 Å². The molecule has 9 N–H and O–H groups in total. The van der Waals surface area contributed by atoms with Gasteiger partial charge < -0.3 is 65.1 Å². The Kier molecular flexibility index (Phi) is 62.2. The van der Waals surface area contributed by atoms with Gasteiger partial charge in [-0.25, -0.2) is 0 Å². The first-order valence-corrected chi connectivity index (χ1v) is 40.7. The fraction of sp³-hybridized carbons (Fsp3) is 0.843. The molecule has 0 bridgehead atoms. The average molecular weight is 1370 g/mol. The van der Waals surface area contributed by atoms with Gasteiger partial charge in [-0.05, 0) is 70.6 Å². The maximum Gasteiger partial charge on any atom is 0.220 e. The van der Waals surface area contributed by atoms with Crippen molar-refractivity contribution in [3.8, 4) is 0 Å². The molecular weight excluding hydrogens is 1220 g/mol. The van der Waals surface area contributed by atoms with Crippen LogP contribution >= 0.6 is 0 Å². The molecule has 566 valence electrons. The minimum absolute atomic E-state index is 0.244. The quantitative estimate of drug-likeness (QED) is 0.0204. The molecule has 12 atom stereocenters. The number of unbranched alkanes of at least 4 members (excludes halogenated alkanes) is 45. The molecule has 0 saturated carbocycles. The number of amides is 1. The monoisotopic (exact) mass is 1370 g/mol. The summed E-state index contributed by atoms with van der Waals surface area (Å²) >= 11 is 0. The molecule has 0 aromatic rings. The predicted molar refractivity (Wildman–Crippen MR) is 401 cm³/mol. The van der Waals surface area contributed by atoms with E-state index >= 15 is 0 Å². The summed E-state index contributed by atoms with van der Waals surface area (Å²) in [7, 11) is 0. The van der Waals surface area contributed by atoms with E-state index in [9.17, 15) is 45.6 Å². The van der Waals surface area contributed by atoms with E-state index in [-0.39, 0.29) is 18.9 Å². The van der Waals surface area contributed by atoms with Crippen molar-refractivity contribution in [3.05, 3.63) is 72.9 Å². The van der Waals surface area contributed by atoms with E-state index in [1.54, 1.807) is 6.08 Å². The zero-order chi connectivity index (χ0) is 70.1.